The van der Waals surface area contributed by atoms with E-state index in [1.54, 1.807) is 6.92 Å². The van der Waals surface area contributed by atoms with Crippen molar-refractivity contribution in [3.05, 3.63) is 23.0 Å². The van der Waals surface area contributed by atoms with E-state index >= 15 is 0 Å². The Hall–Kier alpha value is -1.58. The maximum Gasteiger partial charge on any atom is 0.337 e. The van der Waals surface area contributed by atoms with E-state index in [9.17, 15) is 9.59 Å². The van der Waals surface area contributed by atoms with Crippen LogP contribution in [0.1, 0.15) is 26.4 Å². The summed E-state index contributed by atoms with van der Waals surface area (Å²) in [5.41, 5.74) is 0.946. The predicted molar refractivity (Wildman–Crippen MR) is 37.9 cm³/mol. The third-order valence-corrected chi connectivity index (χ3v) is 1.53. The summed E-state index contributed by atoms with van der Waals surface area (Å²) in [5, 5.41) is 8.54. The lowest BCUT2D eigenvalue weighted by atomic mass is 10.2. The number of hydrogen-bond acceptors (Lipinski definition) is 2. The van der Waals surface area contributed by atoms with Gasteiger partial charge >= 0.3 is 5.97 Å². The van der Waals surface area contributed by atoms with E-state index in [1.807, 2.05) is 0 Å². The molecule has 1 aromatic heterocycles. The van der Waals surface area contributed by atoms with Crippen molar-refractivity contribution in [2.24, 2.45) is 0 Å². The largest absolute Gasteiger partial charge is 0.478 e. The van der Waals surface area contributed by atoms with E-state index in [4.69, 9.17) is 5.11 Å². The van der Waals surface area contributed by atoms with Crippen molar-refractivity contribution < 1.29 is 14.7 Å². The molecule has 58 valence electrons. The van der Waals surface area contributed by atoms with E-state index in [-0.39, 0.29) is 5.56 Å². The van der Waals surface area contributed by atoms with Crippen LogP contribution in [0, 0.1) is 6.92 Å². The molecule has 2 N–H and O–H groups in total. The second kappa shape index (κ2) is 2.57. The first-order chi connectivity index (χ1) is 5.16. The first-order valence-electron chi connectivity index (χ1n) is 3.03. The van der Waals surface area contributed by atoms with Crippen LogP contribution in [0.2, 0.25) is 0 Å². The molecule has 0 aliphatic carbocycles. The minimum atomic E-state index is -1.02. The van der Waals surface area contributed by atoms with E-state index in [2.05, 4.69) is 4.98 Å². The second-order valence-corrected chi connectivity index (χ2v) is 2.16. The zero-order valence-corrected chi connectivity index (χ0v) is 5.92. The summed E-state index contributed by atoms with van der Waals surface area (Å²) < 4.78 is 0. The molecule has 0 aromatic carbocycles. The first-order valence-corrected chi connectivity index (χ1v) is 3.03. The van der Waals surface area contributed by atoms with Crippen molar-refractivity contribution in [3.8, 4) is 0 Å². The summed E-state index contributed by atoms with van der Waals surface area (Å²) in [7, 11) is 0. The summed E-state index contributed by atoms with van der Waals surface area (Å²) in [4.78, 5) is 23.2. The molecule has 4 heteroatoms. The average Bonchev–Trinajstić information content (AvgIpc) is 2.30. The number of aromatic nitrogens is 1. The number of aromatic carboxylic acids is 1. The highest BCUT2D eigenvalue weighted by Crippen LogP contribution is 2.10. The fourth-order valence-corrected chi connectivity index (χ4v) is 0.856. The molecule has 0 spiro atoms. The summed E-state index contributed by atoms with van der Waals surface area (Å²) in [5.74, 6) is -1.02. The highest BCUT2D eigenvalue weighted by Gasteiger charge is 2.11. The van der Waals surface area contributed by atoms with Gasteiger partial charge in [-0.15, -0.1) is 0 Å². The van der Waals surface area contributed by atoms with Gasteiger partial charge in [-0.05, 0) is 12.5 Å². The Bertz CT molecular complexity index is 301. The number of carboxylic acids is 1. The Balaban J connectivity index is 3.20. The van der Waals surface area contributed by atoms with Crippen LogP contribution in [-0.2, 0) is 0 Å². The predicted octanol–water partition coefficient (Wildman–Crippen LogP) is 0.834. The van der Waals surface area contributed by atoms with E-state index < -0.39 is 5.97 Å². The maximum absolute atomic E-state index is 10.4. The number of rotatable bonds is 2. The lowest BCUT2D eigenvalue weighted by Gasteiger charge is -1.89. The minimum absolute atomic E-state index is 0.145. The highest BCUT2D eigenvalue weighted by atomic mass is 16.4. The molecule has 0 amide bonds. The topological polar surface area (TPSA) is 70.2 Å². The Labute approximate surface area is 62.9 Å². The zero-order valence-electron chi connectivity index (χ0n) is 5.92. The van der Waals surface area contributed by atoms with E-state index in [1.165, 1.54) is 6.20 Å². The van der Waals surface area contributed by atoms with Gasteiger partial charge in [0.25, 0.3) is 0 Å². The van der Waals surface area contributed by atoms with Crippen molar-refractivity contribution in [2.45, 2.75) is 6.92 Å². The van der Waals surface area contributed by atoms with Crippen LogP contribution >= 0.6 is 0 Å². The number of carbonyl (C=O) groups excluding carboxylic acids is 1. The quantitative estimate of drug-likeness (QED) is 0.618. The summed E-state index contributed by atoms with van der Waals surface area (Å²) >= 11 is 0. The fourth-order valence-electron chi connectivity index (χ4n) is 0.856. The van der Waals surface area contributed by atoms with Crippen molar-refractivity contribution in [1.82, 2.24) is 4.98 Å². The molecule has 0 atom stereocenters. The van der Waals surface area contributed by atoms with Crippen LogP contribution in [0.15, 0.2) is 6.20 Å². The molecule has 11 heavy (non-hydrogen) atoms. The normalized spacial score (nSPS) is 9.55. The van der Waals surface area contributed by atoms with Crippen molar-refractivity contribution in [2.75, 3.05) is 0 Å². The summed E-state index contributed by atoms with van der Waals surface area (Å²) in [6, 6.07) is 0. The SMILES string of the molecule is Cc1c(C(=O)O)c[nH]c1C=O. The lowest BCUT2D eigenvalue weighted by molar-refractivity contribution is 0.0696. The standard InChI is InChI=1S/C7H7NO3/c1-4-5(7(10)11)2-8-6(4)3-9/h2-3,8H,1H3,(H,10,11). The number of nitrogens with one attached hydrogen (secondary N) is 1. The van der Waals surface area contributed by atoms with Gasteiger partial charge in [-0.1, -0.05) is 0 Å². The van der Waals surface area contributed by atoms with Crippen LogP contribution in [0.5, 0.6) is 0 Å². The van der Waals surface area contributed by atoms with Crippen LogP contribution in [-0.4, -0.2) is 22.3 Å². The van der Waals surface area contributed by atoms with E-state index in [0.29, 0.717) is 17.5 Å². The van der Waals surface area contributed by atoms with Crippen LogP contribution in [0.4, 0.5) is 0 Å². The Kier molecular flexibility index (Phi) is 1.76. The lowest BCUT2D eigenvalue weighted by Crippen LogP contribution is -1.96. The Morgan fingerprint density at radius 3 is 2.64 bits per heavy atom. The molecular weight excluding hydrogens is 146 g/mol. The maximum atomic E-state index is 10.4. The van der Waals surface area contributed by atoms with Crippen molar-refractivity contribution >= 4 is 12.3 Å². The molecule has 0 saturated heterocycles. The summed E-state index contributed by atoms with van der Waals surface area (Å²) in [6.45, 7) is 1.59. The molecule has 4 nitrogen and oxygen atoms in total. The minimum Gasteiger partial charge on any atom is -0.478 e. The van der Waals surface area contributed by atoms with Gasteiger partial charge in [-0.3, -0.25) is 4.79 Å². The van der Waals surface area contributed by atoms with Gasteiger partial charge in [0.15, 0.2) is 6.29 Å². The number of carbonyl (C=O) groups is 2. The molecule has 0 fully saturated rings. The number of carboxylic acid groups (broad SMARTS) is 1. The molecule has 0 unspecified atom stereocenters. The average molecular weight is 153 g/mol. The third-order valence-electron chi connectivity index (χ3n) is 1.53. The number of aldehydes is 1. The molecular formula is C7H7NO3. The molecule has 0 aliphatic heterocycles. The molecule has 0 radical (unpaired) electrons. The first kappa shape index (κ1) is 7.53. The van der Waals surface area contributed by atoms with Gasteiger partial charge < -0.3 is 10.1 Å². The van der Waals surface area contributed by atoms with Crippen molar-refractivity contribution in [1.29, 1.82) is 0 Å². The Morgan fingerprint density at radius 1 is 1.73 bits per heavy atom. The zero-order chi connectivity index (χ0) is 8.43. The summed E-state index contributed by atoms with van der Waals surface area (Å²) in [6.07, 6.45) is 1.91. The van der Waals surface area contributed by atoms with Crippen LogP contribution in [0.3, 0.4) is 0 Å². The molecule has 1 heterocycles. The van der Waals surface area contributed by atoms with Crippen molar-refractivity contribution in [3.63, 3.8) is 0 Å². The third kappa shape index (κ3) is 1.14. The van der Waals surface area contributed by atoms with Gasteiger partial charge in [0.2, 0.25) is 0 Å². The smallest absolute Gasteiger partial charge is 0.337 e. The van der Waals surface area contributed by atoms with Gasteiger partial charge in [0.1, 0.15) is 0 Å². The van der Waals surface area contributed by atoms with Gasteiger partial charge in [0, 0.05) is 6.20 Å². The molecule has 0 saturated carbocycles. The molecule has 0 bridgehead atoms. The highest BCUT2D eigenvalue weighted by molar-refractivity contribution is 5.92. The number of hydrogen-bond donors (Lipinski definition) is 2. The van der Waals surface area contributed by atoms with E-state index in [0.717, 1.165) is 0 Å². The van der Waals surface area contributed by atoms with Crippen LogP contribution in [0.25, 0.3) is 0 Å². The monoisotopic (exact) mass is 153 g/mol. The number of aromatic amines is 1. The van der Waals surface area contributed by atoms with Gasteiger partial charge in [-0.2, -0.15) is 0 Å². The molecule has 1 aromatic rings. The van der Waals surface area contributed by atoms with Gasteiger partial charge in [0.05, 0.1) is 11.3 Å². The molecule has 0 aliphatic rings. The van der Waals surface area contributed by atoms with Gasteiger partial charge in [-0.25, -0.2) is 4.79 Å². The van der Waals surface area contributed by atoms with Crippen LogP contribution < -0.4 is 0 Å². The fraction of sp³-hybridized carbons (Fsp3) is 0.143. The number of H-pyrrole nitrogens is 1. The Morgan fingerprint density at radius 2 is 2.36 bits per heavy atom. The molecule has 1 rings (SSSR count). The second-order valence-electron chi connectivity index (χ2n) is 2.16.